The van der Waals surface area contributed by atoms with E-state index in [-0.39, 0.29) is 18.1 Å². The number of quaternary nitrogens is 1. The molecule has 0 aromatic heterocycles. The van der Waals surface area contributed by atoms with Crippen molar-refractivity contribution in [2.75, 3.05) is 39.4 Å². The lowest BCUT2D eigenvalue weighted by Crippen LogP contribution is -3.15. The van der Waals surface area contributed by atoms with Crippen LogP contribution in [0.15, 0.2) is 24.3 Å². The van der Waals surface area contributed by atoms with E-state index in [9.17, 15) is 9.90 Å². The van der Waals surface area contributed by atoms with Crippen LogP contribution in [0.25, 0.3) is 0 Å². The van der Waals surface area contributed by atoms with Crippen molar-refractivity contribution in [2.45, 2.75) is 200 Å². The quantitative estimate of drug-likeness (QED) is 0.0396. The molecule has 0 aliphatic carbocycles. The van der Waals surface area contributed by atoms with E-state index < -0.39 is 0 Å². The van der Waals surface area contributed by atoms with Crippen LogP contribution in [0, 0.1) is 0 Å². The van der Waals surface area contributed by atoms with Gasteiger partial charge in [0, 0.05) is 19.4 Å². The fourth-order valence-corrected chi connectivity index (χ4v) is 7.06. The Morgan fingerprint density at radius 2 is 1.10 bits per heavy atom. The minimum Gasteiger partial charge on any atom is -0.870 e. The summed E-state index contributed by atoms with van der Waals surface area (Å²) in [6, 6.07) is 0. The molecule has 0 saturated carbocycles. The van der Waals surface area contributed by atoms with E-state index in [1.54, 1.807) is 0 Å². The van der Waals surface area contributed by atoms with Gasteiger partial charge in [0.2, 0.25) is 0 Å². The molecule has 6 nitrogen and oxygen atoms in total. The number of hydrogen-bond donors (Lipinski definition) is 2. The molecule has 1 heterocycles. The summed E-state index contributed by atoms with van der Waals surface area (Å²) in [7, 11) is 0. The maximum absolute atomic E-state index is 12.3. The van der Waals surface area contributed by atoms with E-state index in [4.69, 9.17) is 4.74 Å². The summed E-state index contributed by atoms with van der Waals surface area (Å²) in [5.41, 5.74) is 0. The van der Waals surface area contributed by atoms with E-state index in [1.807, 2.05) is 0 Å². The molecule has 6 heteroatoms. The second-order valence-electron chi connectivity index (χ2n) is 14.4. The average Bonchev–Trinajstić information content (AvgIpc) is 3.45. The summed E-state index contributed by atoms with van der Waals surface area (Å²) >= 11 is 0. The van der Waals surface area contributed by atoms with Crippen molar-refractivity contribution in [3.8, 4) is 0 Å². The molecule has 48 heavy (non-hydrogen) atoms. The molecule has 2 atom stereocenters. The number of hydrogen-bond acceptors (Lipinski definition) is 5. The third-order valence-electron chi connectivity index (χ3n) is 10.1. The van der Waals surface area contributed by atoms with E-state index in [2.05, 4.69) is 43.1 Å². The monoisotopic (exact) mass is 679 g/mol. The molecule has 0 aromatic carbocycles. The zero-order chi connectivity index (χ0) is 33.9. The van der Waals surface area contributed by atoms with Crippen LogP contribution in [0.1, 0.15) is 194 Å². The highest BCUT2D eigenvalue weighted by molar-refractivity contribution is 5.69. The van der Waals surface area contributed by atoms with Gasteiger partial charge in [0.15, 0.2) is 0 Å². The zero-order valence-electron chi connectivity index (χ0n) is 32.1. The smallest absolute Gasteiger partial charge is 0.305 e. The van der Waals surface area contributed by atoms with Gasteiger partial charge in [-0.05, 0) is 64.2 Å². The SMILES string of the molecule is CCCCCCCC/C=C\CCCCCCCC(=O)OCC[NH+]1CCN(CCO)C1CCCCCCC/C=C\CCCCCCCC.[OH-]. The van der Waals surface area contributed by atoms with Crippen molar-refractivity contribution >= 4 is 5.97 Å². The maximum atomic E-state index is 12.3. The van der Waals surface area contributed by atoms with E-state index in [0.717, 1.165) is 39.0 Å². The van der Waals surface area contributed by atoms with Crippen molar-refractivity contribution in [2.24, 2.45) is 0 Å². The number of carbonyl (C=O) groups excluding carboxylic acids is 1. The number of unbranched alkanes of at least 4 members (excludes halogenated alkanes) is 22. The molecular weight excluding hydrogens is 596 g/mol. The third-order valence-corrected chi connectivity index (χ3v) is 10.1. The second kappa shape index (κ2) is 37.1. The minimum absolute atomic E-state index is 0. The summed E-state index contributed by atoms with van der Waals surface area (Å²) in [6.07, 6.45) is 45.6. The van der Waals surface area contributed by atoms with Gasteiger partial charge in [0.05, 0.1) is 19.7 Å². The first-order valence-electron chi connectivity index (χ1n) is 20.9. The first kappa shape index (κ1) is 46.8. The van der Waals surface area contributed by atoms with Crippen LogP contribution in [-0.4, -0.2) is 67.0 Å². The van der Waals surface area contributed by atoms with Crippen LogP contribution < -0.4 is 4.90 Å². The lowest BCUT2D eigenvalue weighted by Gasteiger charge is -2.26. The predicted octanol–water partition coefficient (Wildman–Crippen LogP) is 9.95. The first-order valence-corrected chi connectivity index (χ1v) is 20.9. The number of nitrogens with one attached hydrogen (secondary N) is 1. The highest BCUT2D eigenvalue weighted by atomic mass is 16.5. The first-order chi connectivity index (χ1) is 23.2. The van der Waals surface area contributed by atoms with Crippen LogP contribution in [0.2, 0.25) is 0 Å². The number of allylic oxidation sites excluding steroid dienone is 4. The zero-order valence-corrected chi connectivity index (χ0v) is 32.1. The van der Waals surface area contributed by atoms with Crippen LogP contribution in [-0.2, 0) is 9.53 Å². The van der Waals surface area contributed by atoms with Crippen molar-refractivity contribution in [1.82, 2.24) is 4.90 Å². The topological polar surface area (TPSA) is 84.2 Å². The van der Waals surface area contributed by atoms with Gasteiger partial charge in [-0.25, -0.2) is 4.90 Å². The van der Waals surface area contributed by atoms with Gasteiger partial charge < -0.3 is 20.2 Å². The summed E-state index contributed by atoms with van der Waals surface area (Å²) in [4.78, 5) is 16.3. The Hall–Kier alpha value is -1.21. The molecule has 2 unspecified atom stereocenters. The molecule has 1 fully saturated rings. The number of aliphatic hydroxyl groups is 1. The molecule has 1 aliphatic rings. The third kappa shape index (κ3) is 28.6. The summed E-state index contributed by atoms with van der Waals surface area (Å²) in [5.74, 6) is -0.0257. The maximum Gasteiger partial charge on any atom is 0.305 e. The van der Waals surface area contributed by atoms with Crippen LogP contribution in [0.4, 0.5) is 0 Å². The number of esters is 1. The van der Waals surface area contributed by atoms with Crippen molar-refractivity contribution in [1.29, 1.82) is 0 Å². The molecule has 284 valence electrons. The molecule has 1 saturated heterocycles. The molecule has 3 N–H and O–H groups in total. The highest BCUT2D eigenvalue weighted by Gasteiger charge is 2.34. The molecule has 1 aliphatic heterocycles. The van der Waals surface area contributed by atoms with Gasteiger partial charge in [0.1, 0.15) is 19.3 Å². The molecule has 0 radical (unpaired) electrons. The summed E-state index contributed by atoms with van der Waals surface area (Å²) in [6.45, 7) is 9.07. The normalized spacial score (nSPS) is 16.7. The Kier molecular flexibility index (Phi) is 36.1. The lowest BCUT2D eigenvalue weighted by molar-refractivity contribution is -0.918. The number of β-amino-alcohol motifs (C(OH)–C–C–N with tert-alkyl or cyclic N) is 1. The summed E-state index contributed by atoms with van der Waals surface area (Å²) in [5, 5.41) is 9.59. The average molecular weight is 679 g/mol. The number of rotatable bonds is 35. The molecule has 1 rings (SSSR count). The van der Waals surface area contributed by atoms with Crippen LogP contribution >= 0.6 is 0 Å². The lowest BCUT2D eigenvalue weighted by atomic mass is 10.1. The molecule has 0 aromatic rings. The summed E-state index contributed by atoms with van der Waals surface area (Å²) < 4.78 is 5.66. The van der Waals surface area contributed by atoms with Gasteiger partial charge in [0.25, 0.3) is 0 Å². The Morgan fingerprint density at radius 1 is 0.667 bits per heavy atom. The van der Waals surface area contributed by atoms with Crippen LogP contribution in [0.3, 0.4) is 0 Å². The Morgan fingerprint density at radius 3 is 1.58 bits per heavy atom. The highest BCUT2D eigenvalue weighted by Crippen LogP contribution is 2.13. The Bertz CT molecular complexity index is 728. The van der Waals surface area contributed by atoms with Gasteiger partial charge in [-0.15, -0.1) is 0 Å². The van der Waals surface area contributed by atoms with E-state index >= 15 is 0 Å². The number of aliphatic hydroxyl groups excluding tert-OH is 1. The van der Waals surface area contributed by atoms with Gasteiger partial charge >= 0.3 is 5.97 Å². The van der Waals surface area contributed by atoms with Crippen molar-refractivity contribution < 1.29 is 25.0 Å². The standard InChI is InChI=1S/C42H80N2O3.H2O/c1-3-5-7-9-11-13-15-17-19-21-23-25-27-29-31-33-41-43(37-39-45)35-36-44(41)38-40-47-42(46)34-32-30-28-26-24-22-20-18-16-14-12-10-8-6-4-2;/h17-20,41,45H,3-16,21-40H2,1-2H3;1H2/b19-17-,20-18-;. The fraction of sp³-hybridized carbons (Fsp3) is 0.881. The Labute approximate surface area is 298 Å². The number of ether oxygens (including phenoxy) is 1. The molecule has 0 amide bonds. The van der Waals surface area contributed by atoms with E-state index in [0.29, 0.717) is 19.2 Å². The fourth-order valence-electron chi connectivity index (χ4n) is 7.06. The predicted molar refractivity (Wildman–Crippen MR) is 205 cm³/mol. The van der Waals surface area contributed by atoms with Gasteiger partial charge in [-0.1, -0.05) is 141 Å². The molecule has 0 bridgehead atoms. The Balaban J connectivity index is 0.0000221. The van der Waals surface area contributed by atoms with Crippen molar-refractivity contribution in [3.05, 3.63) is 24.3 Å². The second-order valence-corrected chi connectivity index (χ2v) is 14.4. The minimum atomic E-state index is -0.0257. The van der Waals surface area contributed by atoms with Gasteiger partial charge in [-0.3, -0.25) is 4.79 Å². The largest absolute Gasteiger partial charge is 0.870 e. The van der Waals surface area contributed by atoms with E-state index in [1.165, 1.54) is 165 Å². The molecular formula is C42H82N2O4. The van der Waals surface area contributed by atoms with Crippen molar-refractivity contribution in [3.63, 3.8) is 0 Å². The number of nitrogens with zero attached hydrogens (tertiary/aromatic N) is 1. The molecule has 0 spiro atoms. The van der Waals surface area contributed by atoms with Crippen LogP contribution in [0.5, 0.6) is 0 Å². The van der Waals surface area contributed by atoms with Gasteiger partial charge in [-0.2, -0.15) is 0 Å². The number of carbonyl (C=O) groups is 1.